The number of fused-ring (bicyclic) bond motifs is 2. The van der Waals surface area contributed by atoms with E-state index in [-0.39, 0.29) is 11.5 Å². The van der Waals surface area contributed by atoms with Crippen LogP contribution < -0.4 is 4.90 Å². The van der Waals surface area contributed by atoms with Crippen molar-refractivity contribution in [2.24, 2.45) is 0 Å². The van der Waals surface area contributed by atoms with Gasteiger partial charge in [-0.1, -0.05) is 31.4 Å². The molecule has 0 bridgehead atoms. The molecule has 1 aliphatic carbocycles. The van der Waals surface area contributed by atoms with Gasteiger partial charge in [0.15, 0.2) is 5.69 Å². The molecule has 4 nitrogen and oxygen atoms in total. The van der Waals surface area contributed by atoms with Crippen LogP contribution in [0.1, 0.15) is 58.4 Å². The zero-order chi connectivity index (χ0) is 16.7. The summed E-state index contributed by atoms with van der Waals surface area (Å²) < 4.78 is 5.60. The lowest BCUT2D eigenvalue weighted by Gasteiger charge is -2.35. The van der Waals surface area contributed by atoms with Crippen molar-refractivity contribution in [1.29, 1.82) is 0 Å². The first kappa shape index (κ1) is 15.9. The number of nitrogens with zero attached hydrogens (tertiary/aromatic N) is 2. The number of amides is 1. The van der Waals surface area contributed by atoms with Crippen molar-refractivity contribution >= 4 is 17.5 Å². The number of rotatable bonds is 0. The van der Waals surface area contributed by atoms with E-state index in [0.717, 1.165) is 36.9 Å². The molecule has 0 saturated heterocycles. The van der Waals surface area contributed by atoms with Crippen molar-refractivity contribution in [3.05, 3.63) is 35.2 Å². The Morgan fingerprint density at radius 1 is 1.26 bits per heavy atom. The number of carbonyl (C=O) groups excluding carboxylic acids is 1. The van der Waals surface area contributed by atoms with Crippen LogP contribution in [-0.2, 0) is 10.2 Å². The van der Waals surface area contributed by atoms with Gasteiger partial charge in [0.1, 0.15) is 5.60 Å². The summed E-state index contributed by atoms with van der Waals surface area (Å²) in [5.41, 5.74) is 2.05. The summed E-state index contributed by atoms with van der Waals surface area (Å²) in [5, 5.41) is 0. The van der Waals surface area contributed by atoms with E-state index in [1.165, 1.54) is 6.42 Å². The fourth-order valence-electron chi connectivity index (χ4n) is 3.97. The maximum absolute atomic E-state index is 12.7. The Balaban J connectivity index is 2.04. The van der Waals surface area contributed by atoms with Crippen LogP contribution in [0.3, 0.4) is 0 Å². The normalized spacial score (nSPS) is 19.3. The van der Waals surface area contributed by atoms with Gasteiger partial charge < -0.3 is 4.74 Å². The topological polar surface area (TPSA) is 33.9 Å². The average molecular weight is 312 g/mol. The molecule has 0 unspecified atom stereocenters. The predicted octanol–water partition coefficient (Wildman–Crippen LogP) is 5.19. The van der Waals surface area contributed by atoms with E-state index >= 15 is 0 Å². The molecule has 1 spiro atoms. The van der Waals surface area contributed by atoms with E-state index in [0.29, 0.717) is 12.2 Å². The van der Waals surface area contributed by atoms with E-state index in [1.807, 2.05) is 39.0 Å². The molecule has 1 saturated carbocycles. The number of ether oxygens (including phenoxy) is 1. The van der Waals surface area contributed by atoms with Gasteiger partial charge in [-0.25, -0.2) is 9.64 Å². The van der Waals surface area contributed by atoms with E-state index in [2.05, 4.69) is 4.85 Å². The van der Waals surface area contributed by atoms with Gasteiger partial charge in [0, 0.05) is 17.6 Å². The maximum atomic E-state index is 12.7. The van der Waals surface area contributed by atoms with Crippen LogP contribution in [0, 0.1) is 6.57 Å². The van der Waals surface area contributed by atoms with Gasteiger partial charge >= 0.3 is 6.09 Å². The fraction of sp³-hybridized carbons (Fsp3) is 0.579. The molecule has 0 radical (unpaired) electrons. The Labute approximate surface area is 138 Å². The third-order valence-corrected chi connectivity index (χ3v) is 4.85. The molecule has 0 aromatic heterocycles. The van der Waals surface area contributed by atoms with Crippen LogP contribution in [0.15, 0.2) is 18.2 Å². The Kier molecular flexibility index (Phi) is 3.83. The SMILES string of the molecule is [C-]#[N+]c1cccc2c1C1(CCCCC1)CN2C(=O)OC(C)(C)C. The summed E-state index contributed by atoms with van der Waals surface area (Å²) >= 11 is 0. The standard InChI is InChI=1S/C19H24N2O2/c1-18(2,3)23-17(22)21-13-19(11-6-5-7-12-19)16-14(20-4)9-8-10-15(16)21/h8-10H,5-7,11-13H2,1-3H3. The number of benzene rings is 1. The van der Waals surface area contributed by atoms with Crippen LogP contribution >= 0.6 is 0 Å². The van der Waals surface area contributed by atoms with Gasteiger partial charge in [-0.3, -0.25) is 4.90 Å². The summed E-state index contributed by atoms with van der Waals surface area (Å²) in [5.74, 6) is 0. The van der Waals surface area contributed by atoms with E-state index in [4.69, 9.17) is 11.3 Å². The summed E-state index contributed by atoms with van der Waals surface area (Å²) in [7, 11) is 0. The number of hydrogen-bond donors (Lipinski definition) is 0. The molecular weight excluding hydrogens is 288 g/mol. The smallest absolute Gasteiger partial charge is 0.414 e. The molecule has 0 N–H and O–H groups in total. The summed E-state index contributed by atoms with van der Waals surface area (Å²) in [6, 6.07) is 5.70. The van der Waals surface area contributed by atoms with Gasteiger partial charge in [-0.2, -0.15) is 0 Å². The molecule has 23 heavy (non-hydrogen) atoms. The lowest BCUT2D eigenvalue weighted by atomic mass is 9.70. The van der Waals surface area contributed by atoms with Crippen molar-refractivity contribution in [3.63, 3.8) is 0 Å². The minimum Gasteiger partial charge on any atom is -0.443 e. The largest absolute Gasteiger partial charge is 0.443 e. The Morgan fingerprint density at radius 3 is 2.57 bits per heavy atom. The lowest BCUT2D eigenvalue weighted by Crippen LogP contribution is -2.41. The second-order valence-electron chi connectivity index (χ2n) is 7.69. The van der Waals surface area contributed by atoms with Crippen LogP contribution in [0.25, 0.3) is 4.85 Å². The van der Waals surface area contributed by atoms with Gasteiger partial charge in [0.25, 0.3) is 0 Å². The molecule has 1 heterocycles. The molecule has 0 atom stereocenters. The second-order valence-corrected chi connectivity index (χ2v) is 7.69. The highest BCUT2D eigenvalue weighted by molar-refractivity contribution is 5.93. The molecule has 1 aliphatic heterocycles. The van der Waals surface area contributed by atoms with Gasteiger partial charge in [0.2, 0.25) is 0 Å². The van der Waals surface area contributed by atoms with Crippen molar-refractivity contribution in [1.82, 2.24) is 0 Å². The molecule has 2 aliphatic rings. The molecule has 4 heteroatoms. The third-order valence-electron chi connectivity index (χ3n) is 4.85. The quantitative estimate of drug-likeness (QED) is 0.617. The molecule has 1 aromatic rings. The third kappa shape index (κ3) is 2.81. The minimum atomic E-state index is -0.517. The van der Waals surface area contributed by atoms with Crippen LogP contribution in [0.2, 0.25) is 0 Å². The first-order valence-corrected chi connectivity index (χ1v) is 8.38. The van der Waals surface area contributed by atoms with Crippen molar-refractivity contribution in [3.8, 4) is 0 Å². The molecule has 3 rings (SSSR count). The first-order chi connectivity index (χ1) is 10.9. The number of anilines is 1. The minimum absolute atomic E-state index is 0.0639. The Bertz CT molecular complexity index is 661. The summed E-state index contributed by atoms with van der Waals surface area (Å²) in [4.78, 5) is 18.2. The van der Waals surface area contributed by atoms with Crippen molar-refractivity contribution in [2.45, 2.75) is 63.9 Å². The average Bonchev–Trinajstić information content (AvgIpc) is 2.81. The van der Waals surface area contributed by atoms with Gasteiger partial charge in [0.05, 0.1) is 6.57 Å². The highest BCUT2D eigenvalue weighted by Crippen LogP contribution is 2.53. The van der Waals surface area contributed by atoms with Crippen LogP contribution in [-0.4, -0.2) is 18.2 Å². The molecule has 1 amide bonds. The Hall–Kier alpha value is -2.02. The zero-order valence-corrected chi connectivity index (χ0v) is 14.2. The van der Waals surface area contributed by atoms with Gasteiger partial charge in [-0.05, 0) is 45.2 Å². The monoisotopic (exact) mass is 312 g/mol. The predicted molar refractivity (Wildman–Crippen MR) is 91.0 cm³/mol. The first-order valence-electron chi connectivity index (χ1n) is 8.38. The Morgan fingerprint density at radius 2 is 1.96 bits per heavy atom. The molecule has 122 valence electrons. The van der Waals surface area contributed by atoms with E-state index < -0.39 is 5.60 Å². The lowest BCUT2D eigenvalue weighted by molar-refractivity contribution is 0.0575. The molecule has 1 aromatic carbocycles. The van der Waals surface area contributed by atoms with Crippen LogP contribution in [0.4, 0.5) is 16.2 Å². The van der Waals surface area contributed by atoms with Crippen LogP contribution in [0.5, 0.6) is 0 Å². The molecular formula is C19H24N2O2. The maximum Gasteiger partial charge on any atom is 0.414 e. The highest BCUT2D eigenvalue weighted by atomic mass is 16.6. The number of carbonyl (C=O) groups is 1. The zero-order valence-electron chi connectivity index (χ0n) is 14.2. The summed E-state index contributed by atoms with van der Waals surface area (Å²) in [6.07, 6.45) is 5.35. The second kappa shape index (κ2) is 5.56. The van der Waals surface area contributed by atoms with E-state index in [9.17, 15) is 4.79 Å². The summed E-state index contributed by atoms with van der Waals surface area (Å²) in [6.45, 7) is 13.8. The number of hydrogen-bond acceptors (Lipinski definition) is 2. The highest BCUT2D eigenvalue weighted by Gasteiger charge is 2.47. The van der Waals surface area contributed by atoms with Crippen molar-refractivity contribution in [2.75, 3.05) is 11.4 Å². The van der Waals surface area contributed by atoms with Crippen molar-refractivity contribution < 1.29 is 9.53 Å². The van der Waals surface area contributed by atoms with Gasteiger partial charge in [-0.15, -0.1) is 0 Å². The fourth-order valence-corrected chi connectivity index (χ4v) is 3.97. The van der Waals surface area contributed by atoms with E-state index in [1.54, 1.807) is 4.90 Å². The molecule has 1 fully saturated rings.